The van der Waals surface area contributed by atoms with Crippen LogP contribution in [0.2, 0.25) is 5.02 Å². The number of benzene rings is 2. The Labute approximate surface area is 378 Å². The second kappa shape index (κ2) is 16.2. The molecule has 0 radical (unpaired) electrons. The Morgan fingerprint density at radius 3 is 2.23 bits per heavy atom. The van der Waals surface area contributed by atoms with Crippen molar-refractivity contribution in [3.05, 3.63) is 93.0 Å². The van der Waals surface area contributed by atoms with Crippen LogP contribution < -0.4 is 10.0 Å². The summed E-state index contributed by atoms with van der Waals surface area (Å²) in [6.07, 6.45) is -5.19. The van der Waals surface area contributed by atoms with E-state index in [0.717, 1.165) is 23.1 Å². The zero-order valence-corrected chi connectivity index (χ0v) is 37.9. The van der Waals surface area contributed by atoms with Gasteiger partial charge in [0.05, 0.1) is 32.9 Å². The van der Waals surface area contributed by atoms with Crippen molar-refractivity contribution >= 4 is 54.1 Å². The zero-order valence-electron chi connectivity index (χ0n) is 35.5. The lowest BCUT2D eigenvalue weighted by Crippen LogP contribution is -2.35. The van der Waals surface area contributed by atoms with Gasteiger partial charge < -0.3 is 5.32 Å². The molecule has 5 aromatic rings. The number of nitrogens with zero attached hydrogens (tertiary/aromatic N) is 5. The van der Waals surface area contributed by atoms with Crippen molar-refractivity contribution in [1.82, 2.24) is 29.9 Å². The smallest absolute Gasteiger partial charge is 0.293 e. The summed E-state index contributed by atoms with van der Waals surface area (Å²) < 4.78 is 172. The predicted molar refractivity (Wildman–Crippen MR) is 227 cm³/mol. The molecule has 2 N–H and O–H groups in total. The Morgan fingerprint density at radius 1 is 0.970 bits per heavy atom. The molecular formula is C43H40ClF8N7O5S2. The number of anilines is 1. The van der Waals surface area contributed by atoms with Gasteiger partial charge in [-0.15, -0.1) is 0 Å². The van der Waals surface area contributed by atoms with Crippen LogP contribution in [0.5, 0.6) is 0 Å². The molecule has 0 saturated heterocycles. The predicted octanol–water partition coefficient (Wildman–Crippen LogP) is 8.24. The standard InChI is InChI=1S/C43H40ClF8N7O5S2/c1-20-37-42(20,4)33-35(39(49)50)55-59(38(33)43(37,51)52)19-31(60)54-29(16-21-14-22(45)17-23(46)15-21)34-26(9-6-24(53-34)12-13-41(2,3)65(5,61)62)27-10-11-28(44)32-36(27)58(18-30(47)48)56-40(32)57-66(63,64)25-7-8-25/h6,9-11,14-15,17,20,25,29-30,37,39H,7-8,16,18-19H2,1-5H3,(H,54,60)(H,56,57)/t20-,29-,37+,42-/m0/s1. The summed E-state index contributed by atoms with van der Waals surface area (Å²) in [4.78, 5) is 18.9. The van der Waals surface area contributed by atoms with Gasteiger partial charge in [0.2, 0.25) is 15.9 Å². The summed E-state index contributed by atoms with van der Waals surface area (Å²) >= 11 is 6.64. The molecule has 8 rings (SSSR count). The largest absolute Gasteiger partial charge is 0.346 e. The van der Waals surface area contributed by atoms with E-state index in [0.29, 0.717) is 23.6 Å². The quantitative estimate of drug-likeness (QED) is 0.0833. The molecule has 3 aliphatic rings. The van der Waals surface area contributed by atoms with Crippen LogP contribution in [0, 0.1) is 35.3 Å². The van der Waals surface area contributed by atoms with Gasteiger partial charge in [0, 0.05) is 40.3 Å². The molecule has 2 aromatic carbocycles. The monoisotopic (exact) mass is 985 g/mol. The topological polar surface area (TPSA) is 158 Å². The lowest BCUT2D eigenvalue weighted by atomic mass is 9.93. The lowest BCUT2D eigenvalue weighted by Gasteiger charge is -2.23. The van der Waals surface area contributed by atoms with Crippen LogP contribution in [0.4, 0.5) is 40.9 Å². The SMILES string of the molecule is C[C@H]1[C@H]2C(F)(F)c3c(c(C(F)F)nn3CC(=O)N[C@@H](Cc3cc(F)cc(F)c3)c3nc(C#CC(C)(C)S(C)(=O)=O)ccc3-c3ccc(Cl)c4c(NS(=O)(=O)C5CC5)nn(CC(F)F)c34)[C@]12C. The Bertz CT molecular complexity index is 3110. The number of hydrogen-bond donors (Lipinski definition) is 2. The van der Waals surface area contributed by atoms with E-state index < -0.39 is 120 Å². The highest BCUT2D eigenvalue weighted by atomic mass is 35.5. The summed E-state index contributed by atoms with van der Waals surface area (Å²) in [6, 6.07) is 6.26. The number of halogens is 9. The first kappa shape index (κ1) is 47.2. The van der Waals surface area contributed by atoms with Crippen LogP contribution in [0.1, 0.15) is 86.9 Å². The normalized spacial score (nSPS) is 20.5. The van der Waals surface area contributed by atoms with Crippen molar-refractivity contribution in [2.45, 2.75) is 100 Å². The number of amides is 1. The summed E-state index contributed by atoms with van der Waals surface area (Å²) in [5.74, 6) is -3.90. The second-order valence-electron chi connectivity index (χ2n) is 17.6. The third-order valence-corrected chi connectivity index (χ3v) is 16.8. The first-order valence-electron chi connectivity index (χ1n) is 20.4. The Balaban J connectivity index is 1.32. The Hall–Kier alpha value is -5.27. The van der Waals surface area contributed by atoms with E-state index in [2.05, 4.69) is 37.1 Å². The lowest BCUT2D eigenvalue weighted by molar-refractivity contribution is -0.123. The van der Waals surface area contributed by atoms with Gasteiger partial charge >= 0.3 is 0 Å². The molecule has 66 heavy (non-hydrogen) atoms. The third kappa shape index (κ3) is 8.28. The number of carbonyl (C=O) groups is 1. The van der Waals surface area contributed by atoms with Gasteiger partial charge in [0.25, 0.3) is 18.8 Å². The van der Waals surface area contributed by atoms with E-state index in [9.17, 15) is 48.0 Å². The van der Waals surface area contributed by atoms with Crippen molar-refractivity contribution < 1.29 is 56.8 Å². The number of aromatic nitrogens is 5. The number of rotatable bonds is 14. The zero-order chi connectivity index (χ0) is 48.2. The van der Waals surface area contributed by atoms with Crippen molar-refractivity contribution in [3.63, 3.8) is 0 Å². The minimum atomic E-state index is -4.05. The summed E-state index contributed by atoms with van der Waals surface area (Å²) in [7, 11) is -7.84. The summed E-state index contributed by atoms with van der Waals surface area (Å²) in [5, 5.41) is 9.60. The van der Waals surface area contributed by atoms with Crippen LogP contribution in [0.3, 0.4) is 0 Å². The third-order valence-electron chi connectivity index (χ3n) is 12.7. The molecule has 2 saturated carbocycles. The van der Waals surface area contributed by atoms with Crippen molar-refractivity contribution in [2.75, 3.05) is 11.0 Å². The molecule has 12 nitrogen and oxygen atoms in total. The fourth-order valence-electron chi connectivity index (χ4n) is 8.90. The fourth-order valence-corrected chi connectivity index (χ4v) is 10.7. The first-order chi connectivity index (χ1) is 30.6. The Kier molecular flexibility index (Phi) is 11.6. The van der Waals surface area contributed by atoms with Gasteiger partial charge in [-0.25, -0.2) is 48.2 Å². The molecule has 1 amide bonds. The van der Waals surface area contributed by atoms with Crippen LogP contribution in [0.25, 0.3) is 22.0 Å². The van der Waals surface area contributed by atoms with Crippen LogP contribution in [-0.4, -0.2) is 70.0 Å². The van der Waals surface area contributed by atoms with Crippen molar-refractivity contribution in [2.24, 2.45) is 11.8 Å². The molecule has 3 aromatic heterocycles. The molecular weight excluding hydrogens is 946 g/mol. The minimum Gasteiger partial charge on any atom is -0.346 e. The number of pyridine rings is 1. The fraction of sp³-hybridized carbons (Fsp3) is 0.442. The van der Waals surface area contributed by atoms with E-state index in [1.54, 1.807) is 0 Å². The average molecular weight is 986 g/mol. The van der Waals surface area contributed by atoms with E-state index >= 15 is 8.78 Å². The molecule has 4 atom stereocenters. The highest BCUT2D eigenvalue weighted by molar-refractivity contribution is 7.93. The summed E-state index contributed by atoms with van der Waals surface area (Å²) in [6.45, 7) is 3.46. The Morgan fingerprint density at radius 2 is 1.62 bits per heavy atom. The van der Waals surface area contributed by atoms with Crippen molar-refractivity contribution in [3.8, 4) is 23.0 Å². The number of alkyl halides is 6. The molecule has 23 heteroatoms. The van der Waals surface area contributed by atoms with Crippen LogP contribution in [0.15, 0.2) is 42.5 Å². The summed E-state index contributed by atoms with van der Waals surface area (Å²) in [5.41, 5.74) is -4.02. The molecule has 0 bridgehead atoms. The number of carbonyl (C=O) groups excluding carboxylic acids is 1. The number of fused-ring (bicyclic) bond motifs is 4. The molecule has 0 spiro atoms. The second-order valence-corrected chi connectivity index (χ2v) is 22.5. The van der Waals surface area contributed by atoms with Gasteiger partial charge in [-0.2, -0.15) is 19.0 Å². The van der Waals surface area contributed by atoms with E-state index in [-0.39, 0.29) is 55.4 Å². The van der Waals surface area contributed by atoms with Gasteiger partial charge in [-0.05, 0) is 80.8 Å². The number of sulfonamides is 1. The minimum absolute atomic E-state index is 0.00715. The highest BCUT2D eigenvalue weighted by Gasteiger charge is 2.78. The molecule has 3 aliphatic carbocycles. The van der Waals surface area contributed by atoms with Crippen LogP contribution >= 0.6 is 11.6 Å². The maximum absolute atomic E-state index is 16.0. The van der Waals surface area contributed by atoms with Crippen LogP contribution in [-0.2, 0) is 55.5 Å². The molecule has 3 heterocycles. The van der Waals surface area contributed by atoms with Crippen molar-refractivity contribution in [1.29, 1.82) is 0 Å². The van der Waals surface area contributed by atoms with E-state index in [1.165, 1.54) is 52.0 Å². The van der Waals surface area contributed by atoms with Gasteiger partial charge in [0.15, 0.2) is 15.7 Å². The highest BCUT2D eigenvalue weighted by Crippen LogP contribution is 2.75. The first-order valence-corrected chi connectivity index (χ1v) is 24.2. The number of nitrogens with one attached hydrogen (secondary N) is 2. The number of sulfone groups is 1. The molecule has 0 unspecified atom stereocenters. The maximum atomic E-state index is 16.0. The molecule has 352 valence electrons. The van der Waals surface area contributed by atoms with Gasteiger partial charge in [-0.3, -0.25) is 18.9 Å². The molecule has 0 aliphatic heterocycles. The van der Waals surface area contributed by atoms with Gasteiger partial charge in [-0.1, -0.05) is 37.4 Å². The number of hydrogen-bond acceptors (Lipinski definition) is 8. The van der Waals surface area contributed by atoms with Gasteiger partial charge in [0.1, 0.15) is 46.6 Å². The van der Waals surface area contributed by atoms with E-state index in [1.807, 2.05) is 0 Å². The van der Waals surface area contributed by atoms with E-state index in [4.69, 9.17) is 11.6 Å². The average Bonchev–Trinajstić information content (AvgIpc) is 4.04. The molecule has 2 fully saturated rings. The maximum Gasteiger partial charge on any atom is 0.293 e.